The van der Waals surface area contributed by atoms with Crippen molar-refractivity contribution in [3.8, 4) is 0 Å². The van der Waals surface area contributed by atoms with Gasteiger partial charge in [0.2, 0.25) is 0 Å². The number of aryl methyl sites for hydroxylation is 1. The molecule has 0 amide bonds. The van der Waals surface area contributed by atoms with Crippen molar-refractivity contribution in [3.05, 3.63) is 30.1 Å². The number of para-hydroxylation sites is 1. The summed E-state index contributed by atoms with van der Waals surface area (Å²) in [6.07, 6.45) is 1.54. The minimum atomic E-state index is 0.423. The fourth-order valence-corrected chi connectivity index (χ4v) is 2.99. The molecule has 0 atom stereocenters. The van der Waals surface area contributed by atoms with Crippen LogP contribution in [0.15, 0.2) is 29.4 Å². The fourth-order valence-electron chi connectivity index (χ4n) is 2.99. The smallest absolute Gasteiger partial charge is 0.152 e. The van der Waals surface area contributed by atoms with E-state index in [0.29, 0.717) is 36.7 Å². The highest BCUT2D eigenvalue weighted by molar-refractivity contribution is 6.06. The molecule has 0 aliphatic carbocycles. The van der Waals surface area contributed by atoms with E-state index in [9.17, 15) is 0 Å². The number of nitrogen functional groups attached to an aromatic ring is 1. The first kappa shape index (κ1) is 17.2. The van der Waals surface area contributed by atoms with E-state index in [-0.39, 0.29) is 0 Å². The average molecular weight is 341 g/mol. The molecule has 0 spiro atoms. The number of aromatic nitrogens is 3. The van der Waals surface area contributed by atoms with Crippen molar-refractivity contribution < 1.29 is 9.94 Å². The summed E-state index contributed by atoms with van der Waals surface area (Å²) in [5, 5.41) is 13.1. The van der Waals surface area contributed by atoms with Crippen LogP contribution in [0.1, 0.15) is 32.5 Å². The maximum absolute atomic E-state index is 8.84. The fraction of sp³-hybridized carbons (Fsp3) is 0.389. The molecule has 0 aliphatic rings. The zero-order valence-corrected chi connectivity index (χ0v) is 14.6. The summed E-state index contributed by atoms with van der Waals surface area (Å²) in [5.74, 6) is 1.26. The summed E-state index contributed by atoms with van der Waals surface area (Å²) in [5.41, 5.74) is 9.41. The van der Waals surface area contributed by atoms with Crippen LogP contribution >= 0.6 is 0 Å². The van der Waals surface area contributed by atoms with Gasteiger partial charge in [-0.2, -0.15) is 0 Å². The lowest BCUT2D eigenvalue weighted by molar-refractivity contribution is 0.126. The Morgan fingerprint density at radius 2 is 2.12 bits per heavy atom. The third-order valence-electron chi connectivity index (χ3n) is 4.22. The normalized spacial score (nSPS) is 12.3. The third-order valence-corrected chi connectivity index (χ3v) is 4.22. The van der Waals surface area contributed by atoms with E-state index >= 15 is 0 Å². The van der Waals surface area contributed by atoms with E-state index in [1.165, 1.54) is 0 Å². The van der Waals surface area contributed by atoms with Crippen LogP contribution in [-0.4, -0.2) is 32.1 Å². The van der Waals surface area contributed by atoms with Gasteiger partial charge in [0.15, 0.2) is 5.82 Å². The Bertz CT molecular complexity index is 917. The Labute approximate surface area is 146 Å². The van der Waals surface area contributed by atoms with Gasteiger partial charge >= 0.3 is 0 Å². The van der Waals surface area contributed by atoms with Crippen LogP contribution in [0.2, 0.25) is 0 Å². The van der Waals surface area contributed by atoms with E-state index in [2.05, 4.69) is 19.7 Å². The molecule has 132 valence electrons. The van der Waals surface area contributed by atoms with Gasteiger partial charge in [0.05, 0.1) is 16.7 Å². The Morgan fingerprint density at radius 3 is 2.88 bits per heavy atom. The lowest BCUT2D eigenvalue weighted by Crippen LogP contribution is -2.07. The number of oxime groups is 1. The van der Waals surface area contributed by atoms with Crippen molar-refractivity contribution in [1.29, 1.82) is 0 Å². The average Bonchev–Trinajstić information content (AvgIpc) is 2.99. The number of rotatable bonds is 7. The minimum absolute atomic E-state index is 0.423. The zero-order chi connectivity index (χ0) is 17.8. The Morgan fingerprint density at radius 1 is 1.32 bits per heavy atom. The summed E-state index contributed by atoms with van der Waals surface area (Å²) < 4.78 is 7.73. The van der Waals surface area contributed by atoms with Crippen LogP contribution < -0.4 is 5.73 Å². The van der Waals surface area contributed by atoms with Crippen LogP contribution in [0, 0.1) is 0 Å². The molecule has 7 nitrogen and oxygen atoms in total. The monoisotopic (exact) mass is 341 g/mol. The Kier molecular flexibility index (Phi) is 5.14. The highest BCUT2D eigenvalue weighted by Gasteiger charge is 2.17. The molecule has 3 rings (SSSR count). The second-order valence-electron chi connectivity index (χ2n) is 5.97. The number of fused-ring (bicyclic) bond motifs is 3. The number of pyridine rings is 1. The van der Waals surface area contributed by atoms with Crippen LogP contribution in [0.3, 0.4) is 0 Å². The number of nitrogens with zero attached hydrogens (tertiary/aromatic N) is 4. The molecule has 25 heavy (non-hydrogen) atoms. The Balaban J connectivity index is 2.11. The van der Waals surface area contributed by atoms with E-state index < -0.39 is 0 Å². The molecule has 0 fully saturated rings. The topological polar surface area (TPSA) is 98.6 Å². The van der Waals surface area contributed by atoms with Gasteiger partial charge in [-0.25, -0.2) is 9.97 Å². The Hall–Kier alpha value is -2.67. The molecule has 0 saturated carbocycles. The van der Waals surface area contributed by atoms with Gasteiger partial charge in [-0.3, -0.25) is 0 Å². The van der Waals surface area contributed by atoms with Crippen LogP contribution in [0.4, 0.5) is 5.82 Å². The summed E-state index contributed by atoms with van der Waals surface area (Å²) in [6.45, 7) is 5.54. The van der Waals surface area contributed by atoms with E-state index in [1.807, 2.05) is 38.1 Å². The molecule has 0 unspecified atom stereocenters. The van der Waals surface area contributed by atoms with E-state index in [0.717, 1.165) is 35.2 Å². The number of nitrogens with two attached hydrogens (primary N) is 1. The minimum Gasteiger partial charge on any atom is -0.411 e. The van der Waals surface area contributed by atoms with Crippen LogP contribution in [-0.2, 0) is 17.9 Å². The second-order valence-corrected chi connectivity index (χ2v) is 5.97. The summed E-state index contributed by atoms with van der Waals surface area (Å²) in [6, 6.07) is 7.92. The highest BCUT2D eigenvalue weighted by atomic mass is 16.5. The standard InChI is InChI=1S/C18H23N5O2/c1-3-25-11-15-21-16-17(23(15)10-6-7-12(2)22-24)13-8-4-5-9-14(13)20-18(16)19/h4-5,8-9,24H,3,6-7,10-11H2,1-2H3,(H2,19,20). The maximum Gasteiger partial charge on any atom is 0.152 e. The molecule has 0 aliphatic heterocycles. The van der Waals surface area contributed by atoms with Gasteiger partial charge in [0, 0.05) is 18.5 Å². The number of anilines is 1. The van der Waals surface area contributed by atoms with Crippen molar-refractivity contribution >= 4 is 33.5 Å². The molecule has 2 heterocycles. The van der Waals surface area contributed by atoms with Gasteiger partial charge in [0.25, 0.3) is 0 Å². The third kappa shape index (κ3) is 3.41. The molecule has 2 aromatic heterocycles. The van der Waals surface area contributed by atoms with Crippen molar-refractivity contribution in [3.63, 3.8) is 0 Å². The molecule has 7 heteroatoms. The van der Waals surface area contributed by atoms with Crippen molar-refractivity contribution in [1.82, 2.24) is 14.5 Å². The van der Waals surface area contributed by atoms with Crippen molar-refractivity contribution in [2.45, 2.75) is 39.8 Å². The highest BCUT2D eigenvalue weighted by Crippen LogP contribution is 2.29. The molecule has 0 radical (unpaired) electrons. The lowest BCUT2D eigenvalue weighted by Gasteiger charge is -2.11. The molecule has 3 N–H and O–H groups in total. The predicted octanol–water partition coefficient (Wildman–Crippen LogP) is 3.33. The van der Waals surface area contributed by atoms with E-state index in [4.69, 9.17) is 15.7 Å². The zero-order valence-electron chi connectivity index (χ0n) is 14.6. The largest absolute Gasteiger partial charge is 0.411 e. The van der Waals surface area contributed by atoms with Gasteiger partial charge in [-0.05, 0) is 32.8 Å². The first-order valence-corrected chi connectivity index (χ1v) is 8.44. The quantitative estimate of drug-likeness (QED) is 0.390. The second kappa shape index (κ2) is 7.48. The number of benzene rings is 1. The van der Waals surface area contributed by atoms with Gasteiger partial charge in [-0.15, -0.1) is 0 Å². The molecule has 0 saturated heterocycles. The molecule has 1 aromatic carbocycles. The van der Waals surface area contributed by atoms with Crippen LogP contribution in [0.5, 0.6) is 0 Å². The predicted molar refractivity (Wildman–Crippen MR) is 98.9 cm³/mol. The molecule has 0 bridgehead atoms. The molecule has 3 aromatic rings. The van der Waals surface area contributed by atoms with E-state index in [1.54, 1.807) is 0 Å². The maximum atomic E-state index is 8.84. The first-order valence-electron chi connectivity index (χ1n) is 8.44. The summed E-state index contributed by atoms with van der Waals surface area (Å²) >= 11 is 0. The van der Waals surface area contributed by atoms with Crippen molar-refractivity contribution in [2.24, 2.45) is 5.16 Å². The first-order chi connectivity index (χ1) is 12.2. The molecular formula is C18H23N5O2. The number of hydrogen-bond donors (Lipinski definition) is 2. The van der Waals surface area contributed by atoms with Gasteiger partial charge in [0.1, 0.15) is 17.9 Å². The van der Waals surface area contributed by atoms with Crippen molar-refractivity contribution in [2.75, 3.05) is 12.3 Å². The summed E-state index contributed by atoms with van der Waals surface area (Å²) in [7, 11) is 0. The summed E-state index contributed by atoms with van der Waals surface area (Å²) in [4.78, 5) is 9.16. The molecular weight excluding hydrogens is 318 g/mol. The van der Waals surface area contributed by atoms with Crippen LogP contribution in [0.25, 0.3) is 21.9 Å². The number of ether oxygens (including phenoxy) is 1. The number of hydrogen-bond acceptors (Lipinski definition) is 6. The van der Waals surface area contributed by atoms with Gasteiger partial charge < -0.3 is 20.2 Å². The SMILES string of the molecule is CCOCc1nc2c(N)nc3ccccc3c2n1CCCC(C)=NO. The lowest BCUT2D eigenvalue weighted by atomic mass is 10.1. The van der Waals surface area contributed by atoms with Gasteiger partial charge in [-0.1, -0.05) is 23.4 Å². The number of imidazole rings is 1.